The Kier molecular flexibility index (Phi) is 3.88. The highest BCUT2D eigenvalue weighted by atomic mass is 15.3. The molecule has 2 aromatic rings. The van der Waals surface area contributed by atoms with E-state index in [0.29, 0.717) is 17.9 Å². The molecule has 1 aromatic carbocycles. The van der Waals surface area contributed by atoms with Crippen LogP contribution in [0.5, 0.6) is 0 Å². The molecule has 0 amide bonds. The van der Waals surface area contributed by atoms with Crippen LogP contribution < -0.4 is 5.32 Å². The van der Waals surface area contributed by atoms with E-state index in [4.69, 9.17) is 0 Å². The number of benzene rings is 1. The molecule has 2 atom stereocenters. The Morgan fingerprint density at radius 2 is 1.95 bits per heavy atom. The number of hydrogen-bond acceptors (Lipinski definition) is 2. The molecule has 0 spiro atoms. The predicted octanol–water partition coefficient (Wildman–Crippen LogP) is 3.32. The molecule has 1 aliphatic heterocycles. The van der Waals surface area contributed by atoms with Gasteiger partial charge in [0.05, 0.1) is 6.20 Å². The van der Waals surface area contributed by atoms with Gasteiger partial charge in [-0.1, -0.05) is 30.3 Å². The molecule has 106 valence electrons. The van der Waals surface area contributed by atoms with Crippen molar-refractivity contribution in [3.63, 3.8) is 0 Å². The number of piperidine rings is 1. The highest BCUT2D eigenvalue weighted by molar-refractivity contribution is 5.27. The third-order valence-corrected chi connectivity index (χ3v) is 4.29. The zero-order valence-corrected chi connectivity index (χ0v) is 12.3. The Bertz CT molecular complexity index is 544. The summed E-state index contributed by atoms with van der Waals surface area (Å²) < 4.78 is 2.07. The molecule has 3 heteroatoms. The quantitative estimate of drug-likeness (QED) is 0.926. The zero-order chi connectivity index (χ0) is 13.9. The molecule has 2 heterocycles. The van der Waals surface area contributed by atoms with Crippen molar-refractivity contribution < 1.29 is 0 Å². The monoisotopic (exact) mass is 269 g/mol. The molecule has 1 saturated heterocycles. The lowest BCUT2D eigenvalue weighted by atomic mass is 9.78. The summed E-state index contributed by atoms with van der Waals surface area (Å²) in [5.74, 6) is 1.13. The average molecular weight is 269 g/mol. The fourth-order valence-electron chi connectivity index (χ4n) is 3.13. The number of rotatable bonds is 3. The van der Waals surface area contributed by atoms with Crippen molar-refractivity contribution in [1.82, 2.24) is 15.1 Å². The first-order chi connectivity index (χ1) is 9.75. The van der Waals surface area contributed by atoms with Crippen molar-refractivity contribution in [1.29, 1.82) is 0 Å². The van der Waals surface area contributed by atoms with Crippen molar-refractivity contribution in [2.45, 2.75) is 38.1 Å². The van der Waals surface area contributed by atoms with Crippen LogP contribution in [0.3, 0.4) is 0 Å². The standard InChI is InChI=1S/C17H23N3/c1-13(2)20-12-15(10-19-20)16-8-9-18-11-17(16)14-6-4-3-5-7-14/h3-7,10,12-13,16-18H,8-9,11H2,1-2H3. The minimum atomic E-state index is 0.431. The van der Waals surface area contributed by atoms with Gasteiger partial charge in [-0.2, -0.15) is 5.10 Å². The Labute approximate surface area is 121 Å². The Hall–Kier alpha value is -1.61. The van der Waals surface area contributed by atoms with E-state index < -0.39 is 0 Å². The summed E-state index contributed by atoms with van der Waals surface area (Å²) in [6, 6.07) is 11.3. The fraction of sp³-hybridized carbons (Fsp3) is 0.471. The summed E-state index contributed by atoms with van der Waals surface area (Å²) in [5, 5.41) is 8.05. The van der Waals surface area contributed by atoms with Gasteiger partial charge < -0.3 is 5.32 Å². The summed E-state index contributed by atoms with van der Waals surface area (Å²) >= 11 is 0. The molecule has 0 aliphatic carbocycles. The maximum Gasteiger partial charge on any atom is 0.0524 e. The number of aromatic nitrogens is 2. The van der Waals surface area contributed by atoms with E-state index in [1.54, 1.807) is 0 Å². The summed E-state index contributed by atoms with van der Waals surface area (Å²) in [6.07, 6.45) is 5.48. The molecular formula is C17H23N3. The zero-order valence-electron chi connectivity index (χ0n) is 12.3. The van der Waals surface area contributed by atoms with Gasteiger partial charge in [0.25, 0.3) is 0 Å². The topological polar surface area (TPSA) is 29.9 Å². The van der Waals surface area contributed by atoms with Gasteiger partial charge in [-0.3, -0.25) is 4.68 Å². The highest BCUT2D eigenvalue weighted by Crippen LogP contribution is 2.37. The van der Waals surface area contributed by atoms with Crippen molar-refractivity contribution in [2.24, 2.45) is 0 Å². The lowest BCUT2D eigenvalue weighted by molar-refractivity contribution is 0.403. The second kappa shape index (κ2) is 5.80. The van der Waals surface area contributed by atoms with Gasteiger partial charge in [-0.05, 0) is 43.9 Å². The molecule has 2 unspecified atom stereocenters. The van der Waals surface area contributed by atoms with Crippen LogP contribution in [-0.2, 0) is 0 Å². The molecule has 20 heavy (non-hydrogen) atoms. The normalized spacial score (nSPS) is 23.1. The Balaban J connectivity index is 1.88. The van der Waals surface area contributed by atoms with Crippen molar-refractivity contribution in [2.75, 3.05) is 13.1 Å². The summed E-state index contributed by atoms with van der Waals surface area (Å²) in [5.41, 5.74) is 2.82. The minimum Gasteiger partial charge on any atom is -0.316 e. The van der Waals surface area contributed by atoms with Crippen LogP contribution in [0.15, 0.2) is 42.7 Å². The molecule has 3 rings (SSSR count). The first-order valence-electron chi connectivity index (χ1n) is 7.55. The van der Waals surface area contributed by atoms with E-state index >= 15 is 0 Å². The lowest BCUT2D eigenvalue weighted by Crippen LogP contribution is -2.33. The molecular weight excluding hydrogens is 246 g/mol. The average Bonchev–Trinajstić information content (AvgIpc) is 2.98. The molecule has 3 nitrogen and oxygen atoms in total. The number of nitrogens with one attached hydrogen (secondary N) is 1. The van der Waals surface area contributed by atoms with E-state index in [9.17, 15) is 0 Å². The van der Waals surface area contributed by atoms with Gasteiger partial charge in [0.15, 0.2) is 0 Å². The largest absolute Gasteiger partial charge is 0.316 e. The second-order valence-electron chi connectivity index (χ2n) is 5.96. The van der Waals surface area contributed by atoms with Crippen LogP contribution >= 0.6 is 0 Å². The van der Waals surface area contributed by atoms with Gasteiger partial charge in [0.2, 0.25) is 0 Å². The maximum absolute atomic E-state index is 4.52. The predicted molar refractivity (Wildman–Crippen MR) is 82.0 cm³/mol. The molecule has 1 N–H and O–H groups in total. The molecule has 1 aromatic heterocycles. The summed E-state index contributed by atoms with van der Waals surface area (Å²) in [4.78, 5) is 0. The molecule has 0 saturated carbocycles. The van der Waals surface area contributed by atoms with E-state index in [0.717, 1.165) is 13.1 Å². The van der Waals surface area contributed by atoms with Crippen LogP contribution in [-0.4, -0.2) is 22.9 Å². The van der Waals surface area contributed by atoms with Gasteiger partial charge >= 0.3 is 0 Å². The highest BCUT2D eigenvalue weighted by Gasteiger charge is 2.28. The SMILES string of the molecule is CC(C)n1cc(C2CCNCC2c2ccccc2)cn1. The van der Waals surface area contributed by atoms with Crippen LogP contribution in [0.25, 0.3) is 0 Å². The van der Waals surface area contributed by atoms with Crippen molar-refractivity contribution in [3.8, 4) is 0 Å². The minimum absolute atomic E-state index is 0.431. The number of hydrogen-bond donors (Lipinski definition) is 1. The van der Waals surface area contributed by atoms with Crippen molar-refractivity contribution >= 4 is 0 Å². The van der Waals surface area contributed by atoms with E-state index in [1.165, 1.54) is 17.5 Å². The second-order valence-corrected chi connectivity index (χ2v) is 5.96. The van der Waals surface area contributed by atoms with Gasteiger partial charge in [-0.25, -0.2) is 0 Å². The summed E-state index contributed by atoms with van der Waals surface area (Å²) in [7, 11) is 0. The first-order valence-corrected chi connectivity index (χ1v) is 7.55. The van der Waals surface area contributed by atoms with Gasteiger partial charge in [-0.15, -0.1) is 0 Å². The number of nitrogens with zero attached hydrogens (tertiary/aromatic N) is 2. The Morgan fingerprint density at radius 3 is 2.65 bits per heavy atom. The van der Waals surface area contributed by atoms with E-state index in [-0.39, 0.29) is 0 Å². The molecule has 1 aliphatic rings. The Morgan fingerprint density at radius 1 is 1.15 bits per heavy atom. The fourth-order valence-corrected chi connectivity index (χ4v) is 3.13. The van der Waals surface area contributed by atoms with E-state index in [1.807, 2.05) is 0 Å². The van der Waals surface area contributed by atoms with Crippen molar-refractivity contribution in [3.05, 3.63) is 53.9 Å². The van der Waals surface area contributed by atoms with Crippen LogP contribution in [0.1, 0.15) is 49.3 Å². The lowest BCUT2D eigenvalue weighted by Gasteiger charge is -2.32. The maximum atomic E-state index is 4.52. The molecule has 0 bridgehead atoms. The first kappa shape index (κ1) is 13.4. The molecule has 0 radical (unpaired) electrons. The summed E-state index contributed by atoms with van der Waals surface area (Å²) in [6.45, 7) is 6.50. The van der Waals surface area contributed by atoms with Crippen LogP contribution in [0.2, 0.25) is 0 Å². The van der Waals surface area contributed by atoms with Crippen LogP contribution in [0, 0.1) is 0 Å². The van der Waals surface area contributed by atoms with Crippen LogP contribution in [0.4, 0.5) is 0 Å². The third kappa shape index (κ3) is 2.63. The van der Waals surface area contributed by atoms with E-state index in [2.05, 4.69) is 71.7 Å². The van der Waals surface area contributed by atoms with Gasteiger partial charge in [0.1, 0.15) is 0 Å². The smallest absolute Gasteiger partial charge is 0.0524 e. The third-order valence-electron chi connectivity index (χ3n) is 4.29. The van der Waals surface area contributed by atoms with Gasteiger partial charge in [0, 0.05) is 24.7 Å². The molecule has 1 fully saturated rings.